The van der Waals surface area contributed by atoms with Crippen LogP contribution in [0.1, 0.15) is 63.0 Å². The summed E-state index contributed by atoms with van der Waals surface area (Å²) in [5.74, 6) is -0.931. The lowest BCUT2D eigenvalue weighted by Crippen LogP contribution is -2.48. The van der Waals surface area contributed by atoms with Gasteiger partial charge >= 0.3 is 12.0 Å². The molecule has 0 bridgehead atoms. The first-order valence-electron chi connectivity index (χ1n) is 12.0. The number of esters is 1. The molecule has 3 amide bonds. The smallest absolute Gasteiger partial charge is 0.329 e. The lowest BCUT2D eigenvalue weighted by molar-refractivity contribution is -0.164. The molecule has 3 N–H and O–H groups in total. The lowest BCUT2D eigenvalue weighted by Gasteiger charge is -2.31. The molecule has 0 unspecified atom stereocenters. The number of amides is 3. The van der Waals surface area contributed by atoms with E-state index in [0.717, 1.165) is 5.56 Å². The van der Waals surface area contributed by atoms with Gasteiger partial charge in [-0.3, -0.25) is 9.35 Å². The van der Waals surface area contributed by atoms with Gasteiger partial charge in [-0.2, -0.15) is 8.42 Å². The van der Waals surface area contributed by atoms with Crippen LogP contribution in [0.5, 0.6) is 0 Å². The molecular weight excluding hydrogens is 498 g/mol. The quantitative estimate of drug-likeness (QED) is 0.364. The Labute approximate surface area is 217 Å². The number of carbonyl (C=O) groups is 3. The topological polar surface area (TPSA) is 142 Å². The van der Waals surface area contributed by atoms with E-state index >= 15 is 0 Å². The van der Waals surface area contributed by atoms with E-state index < -0.39 is 44.9 Å². The summed E-state index contributed by atoms with van der Waals surface area (Å²) in [5.41, 5.74) is 0.749. The van der Waals surface area contributed by atoms with Crippen molar-refractivity contribution in [2.24, 2.45) is 0 Å². The van der Waals surface area contributed by atoms with Crippen LogP contribution in [-0.2, 0) is 24.4 Å². The second-order valence-corrected chi connectivity index (χ2v) is 11.7. The first-order chi connectivity index (χ1) is 17.3. The molecule has 0 spiro atoms. The van der Waals surface area contributed by atoms with Crippen molar-refractivity contribution in [1.82, 2.24) is 10.2 Å². The summed E-state index contributed by atoms with van der Waals surface area (Å²) in [6.07, 6.45) is 1.01. The van der Waals surface area contributed by atoms with Crippen LogP contribution in [0.25, 0.3) is 0 Å². The van der Waals surface area contributed by atoms with E-state index in [9.17, 15) is 27.4 Å². The Morgan fingerprint density at radius 3 is 2.38 bits per heavy atom. The van der Waals surface area contributed by atoms with Gasteiger partial charge in [0.15, 0.2) is 0 Å². The molecule has 0 saturated carbocycles. The number of nitrogens with zero attached hydrogens (tertiary/aromatic N) is 1. The number of hydrogen-bond donors (Lipinski definition) is 3. The Balaban J connectivity index is 1.71. The number of nitrogens with one attached hydrogen (secondary N) is 2. The standard InChI is InChI=1S/C26H33N3O7S/c1-17(37(33,34)35)19-11-8-12-20(15-19)28-25(32)27-16-23(30)29-21(18-9-6-5-7-10-18)13-14-22(29)24(31)36-26(2,3)4/h5-12,15,17,21-22H,13-14,16H2,1-4H3,(H2,27,28,32)(H,33,34,35)/t17-,21+,22-/m0/s1. The molecule has 2 aromatic carbocycles. The Morgan fingerprint density at radius 1 is 1.08 bits per heavy atom. The van der Waals surface area contributed by atoms with Crippen LogP contribution < -0.4 is 10.6 Å². The molecule has 1 saturated heterocycles. The zero-order valence-corrected chi connectivity index (χ0v) is 22.1. The van der Waals surface area contributed by atoms with Crippen LogP contribution in [0.4, 0.5) is 10.5 Å². The van der Waals surface area contributed by atoms with Gasteiger partial charge in [0.05, 0.1) is 12.6 Å². The van der Waals surface area contributed by atoms with Gasteiger partial charge in [-0.1, -0.05) is 42.5 Å². The highest BCUT2D eigenvalue weighted by molar-refractivity contribution is 7.86. The minimum Gasteiger partial charge on any atom is -0.458 e. The Bertz CT molecular complexity index is 1240. The van der Waals surface area contributed by atoms with Gasteiger partial charge in [0.25, 0.3) is 10.1 Å². The van der Waals surface area contributed by atoms with E-state index in [2.05, 4.69) is 10.6 Å². The Morgan fingerprint density at radius 2 is 1.76 bits per heavy atom. The van der Waals surface area contributed by atoms with Crippen LogP contribution in [0.2, 0.25) is 0 Å². The molecule has 1 aliphatic heterocycles. The summed E-state index contributed by atoms with van der Waals surface area (Å²) in [5, 5.41) is 3.89. The first-order valence-corrected chi connectivity index (χ1v) is 13.5. The minimum atomic E-state index is -4.30. The van der Waals surface area contributed by atoms with Crippen LogP contribution in [0.3, 0.4) is 0 Å². The number of rotatable bonds is 7. The van der Waals surface area contributed by atoms with E-state index in [0.29, 0.717) is 18.4 Å². The summed E-state index contributed by atoms with van der Waals surface area (Å²) in [4.78, 5) is 40.2. The maximum atomic E-state index is 13.3. The molecule has 0 aliphatic carbocycles. The van der Waals surface area contributed by atoms with Gasteiger partial charge in [-0.05, 0) is 63.8 Å². The fourth-order valence-electron chi connectivity index (χ4n) is 4.23. The monoisotopic (exact) mass is 531 g/mol. The van der Waals surface area contributed by atoms with Gasteiger partial charge < -0.3 is 20.3 Å². The molecule has 0 aromatic heterocycles. The van der Waals surface area contributed by atoms with Gasteiger partial charge in [0.2, 0.25) is 5.91 Å². The number of hydrogen-bond acceptors (Lipinski definition) is 6. The van der Waals surface area contributed by atoms with E-state index in [-0.39, 0.29) is 18.3 Å². The molecule has 1 fully saturated rings. The number of likely N-dealkylation sites (tertiary alicyclic amines) is 1. The third kappa shape index (κ3) is 7.53. The fourth-order valence-corrected chi connectivity index (χ4v) is 4.72. The molecule has 0 radical (unpaired) electrons. The van der Waals surface area contributed by atoms with Crippen LogP contribution >= 0.6 is 0 Å². The number of ether oxygens (including phenoxy) is 1. The normalized spacial score (nSPS) is 18.7. The van der Waals surface area contributed by atoms with Gasteiger partial charge in [-0.25, -0.2) is 9.59 Å². The van der Waals surface area contributed by atoms with Crippen LogP contribution in [-0.4, -0.2) is 54.0 Å². The maximum absolute atomic E-state index is 13.3. The molecule has 3 rings (SSSR count). The van der Waals surface area contributed by atoms with Gasteiger partial charge in [0.1, 0.15) is 16.9 Å². The third-order valence-electron chi connectivity index (χ3n) is 6.00. The molecule has 1 aliphatic rings. The van der Waals surface area contributed by atoms with E-state index in [1.807, 2.05) is 30.3 Å². The average molecular weight is 532 g/mol. The fraction of sp³-hybridized carbons (Fsp3) is 0.423. The third-order valence-corrected chi connectivity index (χ3v) is 7.16. The summed E-state index contributed by atoms with van der Waals surface area (Å²) >= 11 is 0. The summed E-state index contributed by atoms with van der Waals surface area (Å²) in [6, 6.07) is 13.6. The summed E-state index contributed by atoms with van der Waals surface area (Å²) < 4.78 is 37.7. The highest BCUT2D eigenvalue weighted by Crippen LogP contribution is 2.37. The van der Waals surface area contributed by atoms with Crippen molar-refractivity contribution in [2.45, 2.75) is 63.5 Å². The molecule has 3 atom stereocenters. The van der Waals surface area contributed by atoms with Crippen molar-refractivity contribution < 1.29 is 32.1 Å². The van der Waals surface area contributed by atoms with E-state index in [4.69, 9.17) is 4.74 Å². The SMILES string of the molecule is C[C@@H](c1cccc(NC(=O)NCC(=O)N2[C@@H](c3ccccc3)CC[C@H]2C(=O)OC(C)(C)C)c1)S(=O)(=O)O. The van der Waals surface area contributed by atoms with Crippen molar-refractivity contribution in [3.63, 3.8) is 0 Å². The van der Waals surface area contributed by atoms with Crippen molar-refractivity contribution in [1.29, 1.82) is 0 Å². The van der Waals surface area contributed by atoms with Gasteiger partial charge in [-0.15, -0.1) is 0 Å². The van der Waals surface area contributed by atoms with Crippen molar-refractivity contribution >= 4 is 33.7 Å². The lowest BCUT2D eigenvalue weighted by atomic mass is 10.0. The Kier molecular flexibility index (Phi) is 8.60. The zero-order valence-electron chi connectivity index (χ0n) is 21.3. The van der Waals surface area contributed by atoms with Crippen LogP contribution in [0.15, 0.2) is 54.6 Å². The number of anilines is 1. The number of benzene rings is 2. The molecule has 200 valence electrons. The molecule has 11 heteroatoms. The van der Waals surface area contributed by atoms with E-state index in [1.54, 1.807) is 26.8 Å². The largest absolute Gasteiger partial charge is 0.458 e. The molecule has 1 heterocycles. The predicted octanol–water partition coefficient (Wildman–Crippen LogP) is 3.83. The van der Waals surface area contributed by atoms with Crippen molar-refractivity contribution in [2.75, 3.05) is 11.9 Å². The molecular formula is C26H33N3O7S. The number of carbonyl (C=O) groups excluding carboxylic acids is 3. The summed E-state index contributed by atoms with van der Waals surface area (Å²) in [7, 11) is -4.30. The van der Waals surface area contributed by atoms with E-state index in [1.165, 1.54) is 30.0 Å². The highest BCUT2D eigenvalue weighted by atomic mass is 32.2. The average Bonchev–Trinajstić information content (AvgIpc) is 3.27. The van der Waals surface area contributed by atoms with Crippen LogP contribution in [0, 0.1) is 0 Å². The minimum absolute atomic E-state index is 0.285. The first kappa shape index (κ1) is 28.1. The highest BCUT2D eigenvalue weighted by Gasteiger charge is 2.43. The zero-order chi connectivity index (χ0) is 27.4. The maximum Gasteiger partial charge on any atom is 0.329 e. The second-order valence-electron chi connectivity index (χ2n) is 9.94. The molecule has 10 nitrogen and oxygen atoms in total. The van der Waals surface area contributed by atoms with Gasteiger partial charge in [0, 0.05) is 5.69 Å². The molecule has 2 aromatic rings. The van der Waals surface area contributed by atoms with Crippen molar-refractivity contribution in [3.8, 4) is 0 Å². The summed E-state index contributed by atoms with van der Waals surface area (Å²) in [6.45, 7) is 6.25. The second kappa shape index (κ2) is 11.3. The number of urea groups is 1. The predicted molar refractivity (Wildman–Crippen MR) is 138 cm³/mol. The molecule has 37 heavy (non-hydrogen) atoms. The Hall–Kier alpha value is -3.44. The van der Waals surface area contributed by atoms with Crippen molar-refractivity contribution in [3.05, 3.63) is 65.7 Å².